The molecule has 5 heteroatoms. The van der Waals surface area contributed by atoms with Crippen LogP contribution in [0.3, 0.4) is 0 Å². The van der Waals surface area contributed by atoms with E-state index in [-0.39, 0.29) is 12.0 Å². The molecule has 1 aromatic heterocycles. The van der Waals surface area contributed by atoms with Crippen LogP contribution >= 0.6 is 15.9 Å². The molecule has 0 saturated carbocycles. The van der Waals surface area contributed by atoms with Crippen molar-refractivity contribution in [2.75, 3.05) is 6.61 Å². The van der Waals surface area contributed by atoms with Crippen molar-refractivity contribution in [1.29, 1.82) is 0 Å². The maximum absolute atomic E-state index is 10.2. The number of aliphatic hydroxyl groups is 1. The number of ether oxygens (including phenoxy) is 1. The average Bonchev–Trinajstić information content (AvgIpc) is 2.73. The first-order chi connectivity index (χ1) is 7.09. The molecule has 15 heavy (non-hydrogen) atoms. The predicted octanol–water partition coefficient (Wildman–Crippen LogP) is 1.64. The van der Waals surface area contributed by atoms with Gasteiger partial charge < -0.3 is 9.84 Å². The van der Waals surface area contributed by atoms with Gasteiger partial charge in [0.05, 0.1) is 29.1 Å². The van der Waals surface area contributed by atoms with E-state index in [0.717, 1.165) is 16.6 Å². The Kier molecular flexibility index (Phi) is 3.13. The van der Waals surface area contributed by atoms with E-state index in [1.54, 1.807) is 10.9 Å². The first-order valence-electron chi connectivity index (χ1n) is 5.06. The van der Waals surface area contributed by atoms with Crippen LogP contribution in [0.5, 0.6) is 0 Å². The van der Waals surface area contributed by atoms with Gasteiger partial charge in [-0.15, -0.1) is 0 Å². The third-order valence-corrected chi connectivity index (χ3v) is 3.50. The molecule has 4 nitrogen and oxygen atoms in total. The normalized spacial score (nSPS) is 28.3. The summed E-state index contributed by atoms with van der Waals surface area (Å²) in [7, 11) is 1.84. The van der Waals surface area contributed by atoms with E-state index in [2.05, 4.69) is 21.0 Å². The van der Waals surface area contributed by atoms with Gasteiger partial charge in [0.1, 0.15) is 6.10 Å². The highest BCUT2D eigenvalue weighted by atomic mass is 79.9. The van der Waals surface area contributed by atoms with Gasteiger partial charge in [-0.2, -0.15) is 5.10 Å². The van der Waals surface area contributed by atoms with E-state index < -0.39 is 6.10 Å². The first-order valence-corrected chi connectivity index (χ1v) is 5.86. The molecule has 84 valence electrons. The summed E-state index contributed by atoms with van der Waals surface area (Å²) in [5.74, 6) is 0.173. The van der Waals surface area contributed by atoms with Crippen LogP contribution in [0.15, 0.2) is 10.7 Å². The highest BCUT2D eigenvalue weighted by molar-refractivity contribution is 9.10. The quantitative estimate of drug-likeness (QED) is 0.892. The Labute approximate surface area is 97.4 Å². The van der Waals surface area contributed by atoms with Crippen molar-refractivity contribution in [3.05, 3.63) is 16.4 Å². The molecular weight excluding hydrogens is 260 g/mol. The van der Waals surface area contributed by atoms with Gasteiger partial charge in [0.25, 0.3) is 0 Å². The van der Waals surface area contributed by atoms with E-state index in [1.165, 1.54) is 0 Å². The fourth-order valence-electron chi connectivity index (χ4n) is 2.05. The average molecular weight is 275 g/mol. The highest BCUT2D eigenvalue weighted by Crippen LogP contribution is 2.34. The van der Waals surface area contributed by atoms with Gasteiger partial charge >= 0.3 is 0 Å². The van der Waals surface area contributed by atoms with Crippen molar-refractivity contribution >= 4 is 15.9 Å². The summed E-state index contributed by atoms with van der Waals surface area (Å²) in [4.78, 5) is 0. The molecule has 1 N–H and O–H groups in total. The summed E-state index contributed by atoms with van der Waals surface area (Å²) in [6, 6.07) is 0. The van der Waals surface area contributed by atoms with Crippen molar-refractivity contribution in [1.82, 2.24) is 9.78 Å². The SMILES string of the molecule is CC1CC(C(O)c2c(Br)cnn2C)CO1. The van der Waals surface area contributed by atoms with E-state index in [9.17, 15) is 5.11 Å². The fourth-order valence-corrected chi connectivity index (χ4v) is 2.63. The topological polar surface area (TPSA) is 47.3 Å². The largest absolute Gasteiger partial charge is 0.386 e. The Morgan fingerprint density at radius 3 is 2.93 bits per heavy atom. The molecule has 3 unspecified atom stereocenters. The van der Waals surface area contributed by atoms with E-state index in [1.807, 2.05) is 14.0 Å². The Bertz CT molecular complexity index is 334. The van der Waals surface area contributed by atoms with Crippen LogP contribution < -0.4 is 0 Å². The minimum absolute atomic E-state index is 0.173. The lowest BCUT2D eigenvalue weighted by molar-refractivity contribution is 0.0755. The number of hydrogen-bond acceptors (Lipinski definition) is 3. The van der Waals surface area contributed by atoms with Gasteiger partial charge in [-0.3, -0.25) is 4.68 Å². The van der Waals surface area contributed by atoms with Crippen LogP contribution in [0.1, 0.15) is 25.1 Å². The third kappa shape index (κ3) is 2.09. The number of halogens is 1. The maximum Gasteiger partial charge on any atom is 0.102 e. The molecule has 1 aliphatic heterocycles. The molecule has 1 aromatic rings. The molecule has 2 rings (SSSR count). The number of hydrogen-bond donors (Lipinski definition) is 1. The van der Waals surface area contributed by atoms with Crippen molar-refractivity contribution in [3.63, 3.8) is 0 Å². The summed E-state index contributed by atoms with van der Waals surface area (Å²) in [5, 5.41) is 14.3. The molecule has 1 fully saturated rings. The molecule has 0 spiro atoms. The summed E-state index contributed by atoms with van der Waals surface area (Å²) in [5.41, 5.74) is 0.831. The molecule has 3 atom stereocenters. The standard InChI is InChI=1S/C10H15BrN2O2/c1-6-3-7(5-15-6)10(14)9-8(11)4-12-13(9)2/h4,6-7,10,14H,3,5H2,1-2H3. The minimum atomic E-state index is -0.503. The number of aromatic nitrogens is 2. The van der Waals surface area contributed by atoms with Crippen molar-refractivity contribution in [2.45, 2.75) is 25.6 Å². The molecule has 2 heterocycles. The molecular formula is C10H15BrN2O2. The van der Waals surface area contributed by atoms with E-state index >= 15 is 0 Å². The zero-order chi connectivity index (χ0) is 11.0. The smallest absolute Gasteiger partial charge is 0.102 e. The molecule has 1 aliphatic rings. The second kappa shape index (κ2) is 4.23. The zero-order valence-electron chi connectivity index (χ0n) is 8.85. The van der Waals surface area contributed by atoms with E-state index in [0.29, 0.717) is 6.61 Å². The first kappa shape index (κ1) is 11.1. The van der Waals surface area contributed by atoms with Crippen LogP contribution in [0, 0.1) is 5.92 Å². The Morgan fingerprint density at radius 1 is 1.73 bits per heavy atom. The summed E-state index contributed by atoms with van der Waals surface area (Å²) in [6.45, 7) is 2.66. The fraction of sp³-hybridized carbons (Fsp3) is 0.700. The van der Waals surface area contributed by atoms with Crippen molar-refractivity contribution < 1.29 is 9.84 Å². The third-order valence-electron chi connectivity index (χ3n) is 2.89. The van der Waals surface area contributed by atoms with Crippen molar-refractivity contribution in [3.8, 4) is 0 Å². The number of aryl methyl sites for hydroxylation is 1. The minimum Gasteiger partial charge on any atom is -0.386 e. The lowest BCUT2D eigenvalue weighted by Crippen LogP contribution is -2.16. The van der Waals surface area contributed by atoms with Gasteiger partial charge in [0, 0.05) is 13.0 Å². The summed E-state index contributed by atoms with van der Waals surface area (Å²) < 4.78 is 8.02. The second-order valence-corrected chi connectivity index (χ2v) is 4.94. The van der Waals surface area contributed by atoms with E-state index in [4.69, 9.17) is 4.74 Å². The molecule has 1 saturated heterocycles. The van der Waals surface area contributed by atoms with Gasteiger partial charge in [0.15, 0.2) is 0 Å². The Hall–Kier alpha value is -0.390. The Balaban J connectivity index is 2.17. The number of aliphatic hydroxyl groups excluding tert-OH is 1. The molecule has 0 bridgehead atoms. The second-order valence-electron chi connectivity index (χ2n) is 4.09. The van der Waals surface area contributed by atoms with Crippen LogP contribution in [0.4, 0.5) is 0 Å². The van der Waals surface area contributed by atoms with Gasteiger partial charge in [0.2, 0.25) is 0 Å². The van der Waals surface area contributed by atoms with Crippen LogP contribution in [0.25, 0.3) is 0 Å². The molecule has 0 aliphatic carbocycles. The van der Waals surface area contributed by atoms with Crippen molar-refractivity contribution in [2.24, 2.45) is 13.0 Å². The summed E-state index contributed by atoms with van der Waals surface area (Å²) >= 11 is 3.40. The van der Waals surface area contributed by atoms with Crippen LogP contribution in [0.2, 0.25) is 0 Å². The Morgan fingerprint density at radius 2 is 2.47 bits per heavy atom. The molecule has 0 amide bonds. The lowest BCUT2D eigenvalue weighted by Gasteiger charge is -2.17. The molecule has 0 radical (unpaired) electrons. The maximum atomic E-state index is 10.2. The summed E-state index contributed by atoms with van der Waals surface area (Å²) in [6.07, 6.45) is 2.35. The lowest BCUT2D eigenvalue weighted by atomic mass is 9.97. The predicted molar refractivity (Wildman–Crippen MR) is 59.4 cm³/mol. The number of rotatable bonds is 2. The monoisotopic (exact) mass is 274 g/mol. The van der Waals surface area contributed by atoms with Gasteiger partial charge in [-0.25, -0.2) is 0 Å². The molecule has 0 aromatic carbocycles. The highest BCUT2D eigenvalue weighted by Gasteiger charge is 2.31. The van der Waals surface area contributed by atoms with Gasteiger partial charge in [-0.1, -0.05) is 0 Å². The van der Waals surface area contributed by atoms with Gasteiger partial charge in [-0.05, 0) is 29.3 Å². The van der Waals surface area contributed by atoms with Crippen LogP contribution in [-0.4, -0.2) is 27.6 Å². The zero-order valence-corrected chi connectivity index (χ0v) is 10.4. The van der Waals surface area contributed by atoms with Crippen LogP contribution in [-0.2, 0) is 11.8 Å². The number of nitrogens with zero attached hydrogens (tertiary/aromatic N) is 2.